The van der Waals surface area contributed by atoms with E-state index in [2.05, 4.69) is 118 Å². The summed E-state index contributed by atoms with van der Waals surface area (Å²) < 4.78 is 16.9. The SMILES string of the molecule is CC/C=C\C/C=C\C/C=C\C/C=C\C/C=C\C/C=C\CCCCCCCCCCCCC(=O)OCC(COC(=O)CCCCCCC/C=C\C/C=C\CCC)OC(=O)CCCCCCCCCCCCCCCC. The van der Waals surface area contributed by atoms with Crippen molar-refractivity contribution in [3.8, 4) is 0 Å². The molecule has 0 saturated carbocycles. The Labute approximate surface area is 457 Å². The van der Waals surface area contributed by atoms with Gasteiger partial charge in [0.1, 0.15) is 13.2 Å². The maximum Gasteiger partial charge on any atom is 0.306 e. The molecule has 0 aromatic carbocycles. The Bertz CT molecular complexity index is 1460. The highest BCUT2D eigenvalue weighted by Crippen LogP contribution is 2.16. The van der Waals surface area contributed by atoms with Gasteiger partial charge in [0.15, 0.2) is 6.10 Å². The Kier molecular flexibility index (Phi) is 58.8. The van der Waals surface area contributed by atoms with Crippen LogP contribution in [0.15, 0.2) is 97.2 Å². The summed E-state index contributed by atoms with van der Waals surface area (Å²) in [7, 11) is 0. The predicted octanol–water partition coefficient (Wildman–Crippen LogP) is 21.3. The van der Waals surface area contributed by atoms with Crippen molar-refractivity contribution in [1.82, 2.24) is 0 Å². The fourth-order valence-corrected chi connectivity index (χ4v) is 8.66. The molecule has 6 nitrogen and oxygen atoms in total. The molecule has 1 unspecified atom stereocenters. The predicted molar refractivity (Wildman–Crippen MR) is 320 cm³/mol. The van der Waals surface area contributed by atoms with Gasteiger partial charge in [0.05, 0.1) is 0 Å². The largest absolute Gasteiger partial charge is 0.462 e. The van der Waals surface area contributed by atoms with Crippen LogP contribution >= 0.6 is 0 Å². The number of carbonyl (C=O) groups excluding carboxylic acids is 3. The van der Waals surface area contributed by atoms with E-state index in [0.29, 0.717) is 19.3 Å². The molecule has 0 rings (SSSR count). The average Bonchev–Trinajstić information content (AvgIpc) is 3.40. The van der Waals surface area contributed by atoms with Crippen LogP contribution in [0.4, 0.5) is 0 Å². The molecule has 74 heavy (non-hydrogen) atoms. The summed E-state index contributed by atoms with van der Waals surface area (Å²) in [6.07, 6.45) is 82.7. The first-order valence-electron chi connectivity index (χ1n) is 31.2. The molecule has 0 aromatic rings. The van der Waals surface area contributed by atoms with Gasteiger partial charge in [0.25, 0.3) is 0 Å². The smallest absolute Gasteiger partial charge is 0.306 e. The Balaban J connectivity index is 4.26. The minimum atomic E-state index is -0.783. The van der Waals surface area contributed by atoms with Gasteiger partial charge in [-0.1, -0.05) is 279 Å². The lowest BCUT2D eigenvalue weighted by atomic mass is 10.0. The van der Waals surface area contributed by atoms with E-state index in [4.69, 9.17) is 14.2 Å². The lowest BCUT2D eigenvalue weighted by Gasteiger charge is -2.18. The van der Waals surface area contributed by atoms with Crippen LogP contribution in [-0.2, 0) is 28.6 Å². The number of esters is 3. The van der Waals surface area contributed by atoms with Gasteiger partial charge in [-0.25, -0.2) is 0 Å². The summed E-state index contributed by atoms with van der Waals surface area (Å²) in [6, 6.07) is 0. The zero-order valence-electron chi connectivity index (χ0n) is 48.6. The molecule has 0 radical (unpaired) electrons. The zero-order valence-corrected chi connectivity index (χ0v) is 48.6. The molecule has 0 aliphatic rings. The summed E-state index contributed by atoms with van der Waals surface area (Å²) in [5.74, 6) is -0.891. The second kappa shape index (κ2) is 61.9. The van der Waals surface area contributed by atoms with E-state index in [0.717, 1.165) is 122 Å². The van der Waals surface area contributed by atoms with Crippen LogP contribution in [-0.4, -0.2) is 37.2 Å². The second-order valence-corrected chi connectivity index (χ2v) is 20.6. The standard InChI is InChI=1S/C68H116O6/c1-4-7-10-13-16-19-22-25-27-28-29-30-31-32-33-34-35-36-37-38-39-40-41-44-46-49-52-55-58-61-67(70)73-64-65(63-72-66(69)60-57-54-51-48-45-42-24-21-18-15-12-9-6-3)74-68(71)62-59-56-53-50-47-43-26-23-20-17-14-11-8-5-2/h7,10,12,15-16,19,21,24-25,27,29-30,32-33,35-36,65H,4-6,8-9,11,13-14,17-18,20,22-23,26,28,31,34,37-64H2,1-3H3/b10-7-,15-12-,19-16-,24-21-,27-25-,30-29-,33-32-,36-35-. The molecule has 0 spiro atoms. The molecule has 0 saturated heterocycles. The normalized spacial score (nSPS) is 12.7. The van der Waals surface area contributed by atoms with Gasteiger partial charge in [-0.15, -0.1) is 0 Å². The number of hydrogen-bond acceptors (Lipinski definition) is 6. The van der Waals surface area contributed by atoms with Gasteiger partial charge in [-0.05, 0) is 96.3 Å². The Hall–Kier alpha value is -3.67. The van der Waals surface area contributed by atoms with E-state index < -0.39 is 6.10 Å². The molecule has 0 aliphatic carbocycles. The van der Waals surface area contributed by atoms with Crippen molar-refractivity contribution in [3.63, 3.8) is 0 Å². The quantitative estimate of drug-likeness (QED) is 0.0261. The summed E-state index contributed by atoms with van der Waals surface area (Å²) >= 11 is 0. The Morgan fingerprint density at radius 1 is 0.284 bits per heavy atom. The van der Waals surface area contributed by atoms with E-state index in [9.17, 15) is 14.4 Å². The monoisotopic (exact) mass is 1030 g/mol. The summed E-state index contributed by atoms with van der Waals surface area (Å²) in [4.78, 5) is 38.2. The van der Waals surface area contributed by atoms with E-state index in [-0.39, 0.29) is 31.1 Å². The minimum absolute atomic E-state index is 0.0819. The molecule has 0 amide bonds. The number of hydrogen-bond donors (Lipinski definition) is 0. The third-order valence-corrected chi connectivity index (χ3v) is 13.3. The third kappa shape index (κ3) is 59.2. The fourth-order valence-electron chi connectivity index (χ4n) is 8.66. The number of allylic oxidation sites excluding steroid dienone is 16. The van der Waals surface area contributed by atoms with E-state index in [1.807, 2.05) is 0 Å². The topological polar surface area (TPSA) is 78.9 Å². The second-order valence-electron chi connectivity index (χ2n) is 20.6. The molecule has 0 aliphatic heterocycles. The molecular weight excluding hydrogens is 913 g/mol. The molecule has 424 valence electrons. The average molecular weight is 1030 g/mol. The van der Waals surface area contributed by atoms with Crippen molar-refractivity contribution < 1.29 is 28.6 Å². The van der Waals surface area contributed by atoms with Crippen LogP contribution in [0.25, 0.3) is 0 Å². The van der Waals surface area contributed by atoms with Gasteiger partial charge in [-0.3, -0.25) is 14.4 Å². The third-order valence-electron chi connectivity index (χ3n) is 13.3. The maximum atomic E-state index is 12.9. The number of unbranched alkanes of at least 4 members (excludes halogenated alkanes) is 29. The number of carbonyl (C=O) groups is 3. The maximum absolute atomic E-state index is 12.9. The molecule has 0 aromatic heterocycles. The van der Waals surface area contributed by atoms with E-state index in [1.165, 1.54) is 135 Å². The van der Waals surface area contributed by atoms with Crippen LogP contribution in [0.5, 0.6) is 0 Å². The highest BCUT2D eigenvalue weighted by Gasteiger charge is 2.19. The molecular formula is C68H116O6. The Morgan fingerprint density at radius 2 is 0.554 bits per heavy atom. The van der Waals surface area contributed by atoms with E-state index in [1.54, 1.807) is 0 Å². The molecule has 0 heterocycles. The molecule has 0 fully saturated rings. The molecule has 6 heteroatoms. The van der Waals surface area contributed by atoms with Crippen molar-refractivity contribution in [3.05, 3.63) is 97.2 Å². The van der Waals surface area contributed by atoms with Crippen LogP contribution in [0, 0.1) is 0 Å². The van der Waals surface area contributed by atoms with Gasteiger partial charge in [0.2, 0.25) is 0 Å². The van der Waals surface area contributed by atoms with Crippen LogP contribution in [0.1, 0.15) is 297 Å². The van der Waals surface area contributed by atoms with Crippen molar-refractivity contribution in [1.29, 1.82) is 0 Å². The van der Waals surface area contributed by atoms with Crippen LogP contribution in [0.3, 0.4) is 0 Å². The lowest BCUT2D eigenvalue weighted by molar-refractivity contribution is -0.167. The highest BCUT2D eigenvalue weighted by molar-refractivity contribution is 5.71. The summed E-state index contributed by atoms with van der Waals surface area (Å²) in [5.41, 5.74) is 0. The number of rotatable bonds is 56. The van der Waals surface area contributed by atoms with Crippen LogP contribution in [0.2, 0.25) is 0 Å². The van der Waals surface area contributed by atoms with Crippen LogP contribution < -0.4 is 0 Å². The highest BCUT2D eigenvalue weighted by atomic mass is 16.6. The first kappa shape index (κ1) is 70.3. The van der Waals surface area contributed by atoms with Gasteiger partial charge >= 0.3 is 17.9 Å². The molecule has 0 bridgehead atoms. The zero-order chi connectivity index (χ0) is 53.6. The Morgan fingerprint density at radius 3 is 0.878 bits per heavy atom. The van der Waals surface area contributed by atoms with Crippen molar-refractivity contribution >= 4 is 17.9 Å². The summed E-state index contributed by atoms with van der Waals surface area (Å²) in [5, 5.41) is 0. The van der Waals surface area contributed by atoms with Crippen molar-refractivity contribution in [2.45, 2.75) is 303 Å². The van der Waals surface area contributed by atoms with Gasteiger partial charge in [-0.2, -0.15) is 0 Å². The summed E-state index contributed by atoms with van der Waals surface area (Å²) in [6.45, 7) is 6.47. The van der Waals surface area contributed by atoms with Crippen molar-refractivity contribution in [2.24, 2.45) is 0 Å². The molecule has 1 atom stereocenters. The molecule has 0 N–H and O–H groups in total. The fraction of sp³-hybridized carbons (Fsp3) is 0.721. The lowest BCUT2D eigenvalue weighted by Crippen LogP contribution is -2.30. The number of ether oxygens (including phenoxy) is 3. The first-order chi connectivity index (χ1) is 36.5. The van der Waals surface area contributed by atoms with Gasteiger partial charge < -0.3 is 14.2 Å². The van der Waals surface area contributed by atoms with Crippen molar-refractivity contribution in [2.75, 3.05) is 13.2 Å². The van der Waals surface area contributed by atoms with E-state index >= 15 is 0 Å². The minimum Gasteiger partial charge on any atom is -0.462 e. The van der Waals surface area contributed by atoms with Gasteiger partial charge in [0, 0.05) is 19.3 Å². The first-order valence-corrected chi connectivity index (χ1v) is 31.2.